The van der Waals surface area contributed by atoms with Crippen molar-refractivity contribution in [1.82, 2.24) is 0 Å². The van der Waals surface area contributed by atoms with Crippen LogP contribution >= 0.6 is 38.9 Å². The van der Waals surface area contributed by atoms with E-state index in [0.29, 0.717) is 0 Å². The zero-order valence-corrected chi connectivity index (χ0v) is 22.8. The normalized spacial score (nSPS) is 12.8. The van der Waals surface area contributed by atoms with Crippen LogP contribution in [0.25, 0.3) is 0 Å². The average Bonchev–Trinajstić information content (AvgIpc) is 3.27. The van der Waals surface area contributed by atoms with Crippen molar-refractivity contribution in [1.29, 1.82) is 0 Å². The molecule has 1 heterocycles. The van der Waals surface area contributed by atoms with E-state index in [1.807, 2.05) is 0 Å². The third-order valence-electron chi connectivity index (χ3n) is 5.49. The number of carbonyl (C=O) groups is 2. The van der Waals surface area contributed by atoms with Gasteiger partial charge in [0.15, 0.2) is 5.82 Å². The summed E-state index contributed by atoms with van der Waals surface area (Å²) >= 11 is 8.96. The molecule has 0 bridgehead atoms. The SMILES string of the molecule is CN(C(=O)c1ccc(Cl)s1)c1cccc(C(=O)Nc2c(Br)cc(C(F)(C(F)(F)F)C(F)(F)F)cc2C(F)(F)F)c1F. The van der Waals surface area contributed by atoms with Crippen molar-refractivity contribution in [2.75, 3.05) is 17.3 Å². The van der Waals surface area contributed by atoms with Gasteiger partial charge in [-0.2, -0.15) is 39.5 Å². The molecule has 41 heavy (non-hydrogen) atoms. The minimum absolute atomic E-state index is 0.0623. The summed E-state index contributed by atoms with van der Waals surface area (Å²) in [6, 6.07) is 4.58. The smallest absolute Gasteiger partial charge is 0.320 e. The summed E-state index contributed by atoms with van der Waals surface area (Å²) in [5.41, 5.74) is -13.9. The van der Waals surface area contributed by atoms with Gasteiger partial charge in [0, 0.05) is 17.1 Å². The average molecular weight is 704 g/mol. The van der Waals surface area contributed by atoms with Crippen LogP contribution in [0.3, 0.4) is 0 Å². The Morgan fingerprint density at radius 2 is 1.51 bits per heavy atom. The van der Waals surface area contributed by atoms with E-state index in [1.165, 1.54) is 12.1 Å². The van der Waals surface area contributed by atoms with Gasteiger partial charge in [0.2, 0.25) is 0 Å². The quantitative estimate of drug-likeness (QED) is 0.270. The maximum atomic E-state index is 15.3. The number of hydrogen-bond acceptors (Lipinski definition) is 3. The van der Waals surface area contributed by atoms with Crippen molar-refractivity contribution in [3.8, 4) is 0 Å². The van der Waals surface area contributed by atoms with Crippen molar-refractivity contribution in [3.63, 3.8) is 0 Å². The first-order valence-corrected chi connectivity index (χ1v) is 12.5. The molecule has 0 aliphatic rings. The fourth-order valence-electron chi connectivity index (χ4n) is 3.48. The first-order chi connectivity index (χ1) is 18.6. The number of carbonyl (C=O) groups excluding carboxylic acids is 2. The maximum absolute atomic E-state index is 15.3. The van der Waals surface area contributed by atoms with E-state index in [0.717, 1.165) is 41.5 Å². The van der Waals surface area contributed by atoms with Gasteiger partial charge in [0.1, 0.15) is 0 Å². The summed E-state index contributed by atoms with van der Waals surface area (Å²) in [5, 5.41) is 1.58. The molecule has 2 aromatic carbocycles. The molecule has 3 aromatic rings. The van der Waals surface area contributed by atoms with Gasteiger partial charge in [-0.3, -0.25) is 9.59 Å². The largest absolute Gasteiger partial charge is 0.435 e. The topological polar surface area (TPSA) is 49.4 Å². The lowest BCUT2D eigenvalue weighted by molar-refractivity contribution is -0.348. The van der Waals surface area contributed by atoms with E-state index in [9.17, 15) is 53.5 Å². The van der Waals surface area contributed by atoms with Crippen molar-refractivity contribution in [3.05, 3.63) is 78.7 Å². The molecule has 0 unspecified atom stereocenters. The standard InChI is InChI=1S/C23H11BrClF11N2O2S/c1-38(19(40)14-5-6-15(25)41-14)13-4-2-3-10(16(13)26)18(39)37-17-11(21(28,29)30)7-9(8-12(17)24)20(27,22(31,32)33)23(34,35)36/h2-8H,1H3,(H,37,39). The number of benzene rings is 2. The highest BCUT2D eigenvalue weighted by Gasteiger charge is 2.73. The number of hydrogen-bond donors (Lipinski definition) is 1. The minimum Gasteiger partial charge on any atom is -0.320 e. The second-order valence-corrected chi connectivity index (χ2v) is 10.7. The Balaban J connectivity index is 2.08. The number of alkyl halides is 10. The van der Waals surface area contributed by atoms with Crippen molar-refractivity contribution >= 4 is 62.1 Å². The third-order valence-corrected chi connectivity index (χ3v) is 7.33. The Morgan fingerprint density at radius 1 is 0.927 bits per heavy atom. The Labute approximate surface area is 239 Å². The monoisotopic (exact) mass is 702 g/mol. The van der Waals surface area contributed by atoms with Crippen LogP contribution in [-0.2, 0) is 11.8 Å². The Hall–Kier alpha value is -2.92. The molecule has 0 saturated carbocycles. The van der Waals surface area contributed by atoms with Gasteiger partial charge in [-0.25, -0.2) is 8.78 Å². The fourth-order valence-corrected chi connectivity index (χ4v) is 5.06. The molecule has 2 amide bonds. The highest BCUT2D eigenvalue weighted by Crippen LogP contribution is 2.55. The van der Waals surface area contributed by atoms with Gasteiger partial charge in [0.05, 0.1) is 31.7 Å². The molecule has 0 spiro atoms. The van der Waals surface area contributed by atoms with E-state index in [4.69, 9.17) is 11.6 Å². The molecular formula is C23H11BrClF11N2O2S. The highest BCUT2D eigenvalue weighted by atomic mass is 79.9. The molecule has 3 rings (SSSR count). The summed E-state index contributed by atoms with van der Waals surface area (Å²) in [4.78, 5) is 26.2. The van der Waals surface area contributed by atoms with E-state index in [2.05, 4.69) is 15.9 Å². The molecule has 4 nitrogen and oxygen atoms in total. The van der Waals surface area contributed by atoms with Gasteiger partial charge in [0.25, 0.3) is 11.8 Å². The first-order valence-electron chi connectivity index (χ1n) is 10.5. The number of amides is 2. The molecule has 0 atom stereocenters. The summed E-state index contributed by atoms with van der Waals surface area (Å²) in [7, 11) is 1.11. The van der Waals surface area contributed by atoms with Crippen LogP contribution in [-0.4, -0.2) is 31.2 Å². The predicted octanol–water partition coefficient (Wildman–Crippen LogP) is 9.14. The number of anilines is 2. The molecule has 0 radical (unpaired) electrons. The molecule has 0 aliphatic carbocycles. The highest BCUT2D eigenvalue weighted by molar-refractivity contribution is 9.10. The molecule has 222 valence electrons. The fraction of sp³-hybridized carbons (Fsp3) is 0.217. The lowest BCUT2D eigenvalue weighted by atomic mass is 9.92. The second-order valence-electron chi connectivity index (χ2n) is 8.09. The lowest BCUT2D eigenvalue weighted by Crippen LogP contribution is -2.50. The van der Waals surface area contributed by atoms with Crippen molar-refractivity contribution in [2.24, 2.45) is 0 Å². The van der Waals surface area contributed by atoms with Crippen molar-refractivity contribution in [2.45, 2.75) is 24.2 Å². The number of thiophene rings is 1. The van der Waals surface area contributed by atoms with Gasteiger partial charge in [-0.05, 0) is 52.3 Å². The molecule has 1 N–H and O–H groups in total. The van der Waals surface area contributed by atoms with E-state index < -0.39 is 80.4 Å². The summed E-state index contributed by atoms with van der Waals surface area (Å²) in [5.74, 6) is -3.83. The second kappa shape index (κ2) is 11.1. The first kappa shape index (κ1) is 32.6. The number of nitrogens with zero attached hydrogens (tertiary/aromatic N) is 1. The molecule has 1 aromatic heterocycles. The van der Waals surface area contributed by atoms with Gasteiger partial charge in [-0.1, -0.05) is 17.7 Å². The van der Waals surface area contributed by atoms with Gasteiger partial charge in [-0.15, -0.1) is 11.3 Å². The molecular weight excluding hydrogens is 693 g/mol. The van der Waals surface area contributed by atoms with Crippen LogP contribution in [0.5, 0.6) is 0 Å². The van der Waals surface area contributed by atoms with E-state index >= 15 is 4.39 Å². The van der Waals surface area contributed by atoms with Crippen molar-refractivity contribution < 1.29 is 57.9 Å². The summed E-state index contributed by atoms with van der Waals surface area (Å²) in [6.07, 6.45) is -19.2. The molecule has 0 saturated heterocycles. The van der Waals surface area contributed by atoms with Crippen LogP contribution in [0.4, 0.5) is 59.7 Å². The maximum Gasteiger partial charge on any atom is 0.435 e. The Bertz CT molecular complexity index is 1490. The van der Waals surface area contributed by atoms with E-state index in [1.54, 1.807) is 5.32 Å². The van der Waals surface area contributed by atoms with Crippen LogP contribution in [0.2, 0.25) is 4.34 Å². The number of rotatable bonds is 5. The molecule has 18 heteroatoms. The lowest BCUT2D eigenvalue weighted by Gasteiger charge is -2.31. The van der Waals surface area contributed by atoms with Gasteiger partial charge < -0.3 is 10.2 Å². The number of nitrogens with one attached hydrogen (secondary N) is 1. The number of halogens is 13. The molecule has 0 fully saturated rings. The van der Waals surface area contributed by atoms with E-state index in [-0.39, 0.29) is 15.3 Å². The third kappa shape index (κ3) is 6.16. The summed E-state index contributed by atoms with van der Waals surface area (Å²) in [6.45, 7) is 0. The van der Waals surface area contributed by atoms with Crippen LogP contribution < -0.4 is 10.2 Å². The van der Waals surface area contributed by atoms with Gasteiger partial charge >= 0.3 is 24.2 Å². The van der Waals surface area contributed by atoms with Crippen LogP contribution in [0.1, 0.15) is 31.2 Å². The Kier molecular flexibility index (Phi) is 8.79. The molecule has 0 aliphatic heterocycles. The summed E-state index contributed by atoms with van der Waals surface area (Å²) < 4.78 is 149. The Morgan fingerprint density at radius 3 is 2.00 bits per heavy atom. The van der Waals surface area contributed by atoms with Crippen LogP contribution in [0.15, 0.2) is 46.9 Å². The van der Waals surface area contributed by atoms with Crippen LogP contribution in [0, 0.1) is 5.82 Å². The zero-order chi connectivity index (χ0) is 31.3. The minimum atomic E-state index is -6.72. The predicted molar refractivity (Wildman–Crippen MR) is 130 cm³/mol. The zero-order valence-electron chi connectivity index (χ0n) is 19.6.